The third-order valence-electron chi connectivity index (χ3n) is 4.89. The maximum Gasteiger partial charge on any atom is 0.300 e. The van der Waals surface area contributed by atoms with Gasteiger partial charge in [-0.05, 0) is 54.1 Å². The van der Waals surface area contributed by atoms with Crippen LogP contribution >= 0.6 is 0 Å². The highest BCUT2D eigenvalue weighted by atomic mass is 19.1. The molecule has 30 heavy (non-hydrogen) atoms. The molecule has 4 rings (SSSR count). The second-order valence-electron chi connectivity index (χ2n) is 6.72. The van der Waals surface area contributed by atoms with Gasteiger partial charge in [-0.1, -0.05) is 24.3 Å². The van der Waals surface area contributed by atoms with E-state index in [0.29, 0.717) is 5.56 Å². The van der Waals surface area contributed by atoms with Crippen LogP contribution in [0.25, 0.3) is 5.76 Å². The summed E-state index contributed by atoms with van der Waals surface area (Å²) in [5.41, 5.74) is 0.301. The molecule has 0 bridgehead atoms. The van der Waals surface area contributed by atoms with Gasteiger partial charge in [0.05, 0.1) is 17.3 Å². The Kier molecular flexibility index (Phi) is 4.79. The molecule has 0 spiro atoms. The lowest BCUT2D eigenvalue weighted by molar-refractivity contribution is -0.132. The molecule has 5 nitrogen and oxygen atoms in total. The number of anilines is 1. The Bertz CT molecular complexity index is 1170. The van der Waals surface area contributed by atoms with Crippen molar-refractivity contribution in [3.05, 3.63) is 101 Å². The summed E-state index contributed by atoms with van der Waals surface area (Å²) in [5.74, 6) is -3.73. The Balaban J connectivity index is 1.96. The predicted octanol–water partition coefficient (Wildman–Crippen LogP) is 4.30. The van der Waals surface area contributed by atoms with E-state index in [2.05, 4.69) is 0 Å². The topological polar surface area (TPSA) is 77.8 Å². The van der Waals surface area contributed by atoms with Crippen molar-refractivity contribution in [3.8, 4) is 5.75 Å². The third-order valence-corrected chi connectivity index (χ3v) is 4.89. The van der Waals surface area contributed by atoms with Gasteiger partial charge in [-0.3, -0.25) is 14.5 Å². The number of phenols is 1. The summed E-state index contributed by atoms with van der Waals surface area (Å²) in [6, 6.07) is 14.7. The third kappa shape index (κ3) is 3.20. The number of ketones is 1. The first kappa shape index (κ1) is 19.3. The Morgan fingerprint density at radius 3 is 2.00 bits per heavy atom. The van der Waals surface area contributed by atoms with E-state index in [1.165, 1.54) is 36.4 Å². The summed E-state index contributed by atoms with van der Waals surface area (Å²) in [7, 11) is 0. The Morgan fingerprint density at radius 2 is 1.40 bits per heavy atom. The van der Waals surface area contributed by atoms with Crippen LogP contribution in [0.5, 0.6) is 5.75 Å². The average molecular weight is 407 g/mol. The highest BCUT2D eigenvalue weighted by Gasteiger charge is 2.47. The van der Waals surface area contributed by atoms with Crippen LogP contribution in [0.4, 0.5) is 14.5 Å². The highest BCUT2D eigenvalue weighted by Crippen LogP contribution is 2.44. The molecule has 3 aromatic rings. The number of aliphatic hydroxyl groups is 1. The molecular weight excluding hydrogens is 392 g/mol. The molecular formula is C23H15F2NO4. The number of Topliss-reactive ketones (excluding diaryl/α,β-unsaturated/α-hetero) is 1. The normalized spacial score (nSPS) is 18.1. The zero-order valence-corrected chi connectivity index (χ0v) is 15.4. The summed E-state index contributed by atoms with van der Waals surface area (Å²) in [6.45, 7) is 0. The van der Waals surface area contributed by atoms with Crippen molar-refractivity contribution in [2.75, 3.05) is 4.90 Å². The Morgan fingerprint density at radius 1 is 0.833 bits per heavy atom. The van der Waals surface area contributed by atoms with Gasteiger partial charge in [-0.15, -0.1) is 0 Å². The average Bonchev–Trinajstić information content (AvgIpc) is 3.00. The smallest absolute Gasteiger partial charge is 0.300 e. The van der Waals surface area contributed by atoms with Crippen molar-refractivity contribution < 1.29 is 28.6 Å². The standard InChI is InChI=1S/C23H15F2NO4/c24-15-9-5-13(6-10-15)20-19(21(28)14-7-11-16(25)12-8-14)22(29)23(30)26(20)17-3-1-2-4-18(17)27/h1-12,20,27-28H/b21-19+. The maximum atomic E-state index is 13.5. The van der Waals surface area contributed by atoms with Crippen LogP contribution in [-0.2, 0) is 9.59 Å². The van der Waals surface area contributed by atoms with Crippen molar-refractivity contribution in [2.24, 2.45) is 0 Å². The maximum absolute atomic E-state index is 13.5. The number of benzene rings is 3. The number of hydrogen-bond donors (Lipinski definition) is 2. The number of phenolic OH excluding ortho intramolecular Hbond substituents is 1. The lowest BCUT2D eigenvalue weighted by atomic mass is 9.95. The van der Waals surface area contributed by atoms with Crippen LogP contribution in [0.3, 0.4) is 0 Å². The predicted molar refractivity (Wildman–Crippen MR) is 106 cm³/mol. The highest BCUT2D eigenvalue weighted by molar-refractivity contribution is 6.51. The molecule has 1 aliphatic heterocycles. The van der Waals surface area contributed by atoms with Gasteiger partial charge in [0, 0.05) is 5.56 Å². The number of amides is 1. The molecule has 1 unspecified atom stereocenters. The minimum absolute atomic E-state index is 0.0621. The van der Waals surface area contributed by atoms with Crippen molar-refractivity contribution in [3.63, 3.8) is 0 Å². The Hall–Kier alpha value is -4.00. The van der Waals surface area contributed by atoms with Gasteiger partial charge in [0.1, 0.15) is 23.1 Å². The monoisotopic (exact) mass is 407 g/mol. The molecule has 0 saturated carbocycles. The minimum atomic E-state index is -1.12. The fraction of sp³-hybridized carbons (Fsp3) is 0.0435. The summed E-state index contributed by atoms with van der Waals surface area (Å²) >= 11 is 0. The van der Waals surface area contributed by atoms with Gasteiger partial charge >= 0.3 is 0 Å². The van der Waals surface area contributed by atoms with E-state index in [0.717, 1.165) is 29.2 Å². The number of hydrogen-bond acceptors (Lipinski definition) is 4. The summed E-state index contributed by atoms with van der Waals surface area (Å²) < 4.78 is 26.8. The minimum Gasteiger partial charge on any atom is -0.507 e. The van der Waals surface area contributed by atoms with Gasteiger partial charge < -0.3 is 10.2 Å². The van der Waals surface area contributed by atoms with E-state index >= 15 is 0 Å². The molecule has 7 heteroatoms. The van der Waals surface area contributed by atoms with E-state index in [1.807, 2.05) is 0 Å². The zero-order chi connectivity index (χ0) is 21.4. The van der Waals surface area contributed by atoms with Crippen molar-refractivity contribution in [1.82, 2.24) is 0 Å². The number of carbonyl (C=O) groups is 2. The van der Waals surface area contributed by atoms with Crippen molar-refractivity contribution in [2.45, 2.75) is 6.04 Å². The number of aromatic hydroxyl groups is 1. The molecule has 150 valence electrons. The van der Waals surface area contributed by atoms with E-state index in [-0.39, 0.29) is 22.6 Å². The van der Waals surface area contributed by atoms with Gasteiger partial charge in [0.25, 0.3) is 11.7 Å². The van der Waals surface area contributed by atoms with Crippen LogP contribution in [0.15, 0.2) is 78.4 Å². The largest absolute Gasteiger partial charge is 0.507 e. The first-order chi connectivity index (χ1) is 14.4. The zero-order valence-electron chi connectivity index (χ0n) is 15.4. The number of halogens is 2. The molecule has 1 aliphatic rings. The van der Waals surface area contributed by atoms with E-state index in [4.69, 9.17) is 0 Å². The molecule has 2 N–H and O–H groups in total. The van der Waals surface area contributed by atoms with Crippen LogP contribution in [0.1, 0.15) is 17.2 Å². The fourth-order valence-electron chi connectivity index (χ4n) is 3.47. The van der Waals surface area contributed by atoms with Crippen molar-refractivity contribution >= 4 is 23.1 Å². The van der Waals surface area contributed by atoms with E-state index in [9.17, 15) is 28.6 Å². The lowest BCUT2D eigenvalue weighted by Crippen LogP contribution is -2.29. The molecule has 0 aliphatic carbocycles. The summed E-state index contributed by atoms with van der Waals surface area (Å²) in [5, 5.41) is 21.1. The summed E-state index contributed by atoms with van der Waals surface area (Å²) in [4.78, 5) is 26.8. The molecule has 0 aromatic heterocycles. The Labute approximate surface area is 170 Å². The van der Waals surface area contributed by atoms with Crippen LogP contribution in [0, 0.1) is 11.6 Å². The number of carbonyl (C=O) groups excluding carboxylic acids is 2. The number of aliphatic hydroxyl groups excluding tert-OH is 1. The van der Waals surface area contributed by atoms with Crippen LogP contribution < -0.4 is 4.90 Å². The number of rotatable bonds is 3. The number of para-hydroxylation sites is 2. The first-order valence-electron chi connectivity index (χ1n) is 8.99. The van der Waals surface area contributed by atoms with Crippen LogP contribution in [0.2, 0.25) is 0 Å². The molecule has 1 saturated heterocycles. The SMILES string of the molecule is O=C1C(=O)N(c2ccccc2O)C(c2ccc(F)cc2)/C1=C(\O)c1ccc(F)cc1. The van der Waals surface area contributed by atoms with Crippen molar-refractivity contribution in [1.29, 1.82) is 0 Å². The molecule has 1 atom stereocenters. The van der Waals surface area contributed by atoms with Crippen LogP contribution in [-0.4, -0.2) is 21.9 Å². The van der Waals surface area contributed by atoms with Gasteiger partial charge in [-0.2, -0.15) is 0 Å². The fourth-order valence-corrected chi connectivity index (χ4v) is 3.47. The molecule has 0 radical (unpaired) electrons. The lowest BCUT2D eigenvalue weighted by Gasteiger charge is -2.26. The van der Waals surface area contributed by atoms with E-state index < -0.39 is 35.1 Å². The molecule has 1 heterocycles. The van der Waals surface area contributed by atoms with E-state index in [1.54, 1.807) is 12.1 Å². The molecule has 3 aromatic carbocycles. The second kappa shape index (κ2) is 7.44. The first-order valence-corrected chi connectivity index (χ1v) is 8.99. The summed E-state index contributed by atoms with van der Waals surface area (Å²) in [6.07, 6.45) is 0. The molecule has 1 amide bonds. The second-order valence-corrected chi connectivity index (χ2v) is 6.72. The number of nitrogens with zero attached hydrogens (tertiary/aromatic N) is 1. The van der Waals surface area contributed by atoms with Gasteiger partial charge in [0.2, 0.25) is 0 Å². The quantitative estimate of drug-likeness (QED) is 0.386. The van der Waals surface area contributed by atoms with Gasteiger partial charge in [0.15, 0.2) is 0 Å². The van der Waals surface area contributed by atoms with Gasteiger partial charge in [-0.25, -0.2) is 8.78 Å². The molecule has 1 fully saturated rings.